The molecule has 33 heavy (non-hydrogen) atoms. The van der Waals surface area contributed by atoms with Gasteiger partial charge in [0, 0.05) is 26.7 Å². The Morgan fingerprint density at radius 3 is 2.39 bits per heavy atom. The molecule has 9 nitrogen and oxygen atoms in total. The van der Waals surface area contributed by atoms with Gasteiger partial charge in [0.25, 0.3) is 11.8 Å². The van der Waals surface area contributed by atoms with Crippen LogP contribution in [-0.4, -0.2) is 54.0 Å². The number of rotatable bonds is 7. The number of carbonyl (C=O) groups is 2. The monoisotopic (exact) mass is 515 g/mol. The zero-order chi connectivity index (χ0) is 24.3. The zero-order valence-corrected chi connectivity index (χ0v) is 21.0. The van der Waals surface area contributed by atoms with Crippen LogP contribution >= 0.6 is 23.2 Å². The fourth-order valence-corrected chi connectivity index (χ4v) is 5.86. The van der Waals surface area contributed by atoms with E-state index >= 15 is 0 Å². The molecule has 1 aliphatic heterocycles. The summed E-state index contributed by atoms with van der Waals surface area (Å²) in [4.78, 5) is 25.4. The van der Waals surface area contributed by atoms with E-state index in [9.17, 15) is 18.0 Å². The van der Waals surface area contributed by atoms with Gasteiger partial charge in [0.2, 0.25) is 10.0 Å². The molecule has 2 heterocycles. The second-order valence-corrected chi connectivity index (χ2v) is 11.0. The Morgan fingerprint density at radius 1 is 1.09 bits per heavy atom. The van der Waals surface area contributed by atoms with Crippen LogP contribution in [0, 0.1) is 5.92 Å². The third kappa shape index (κ3) is 5.68. The predicted octanol–water partition coefficient (Wildman–Crippen LogP) is 3.54. The van der Waals surface area contributed by atoms with Gasteiger partial charge in [0.15, 0.2) is 0 Å². The second-order valence-electron chi connectivity index (χ2n) is 8.32. The SMILES string of the molecule is CC(C)CNC(=O)c1c(NC(=O)c2cc(S(=O)(=O)N3CCCCC3)c(Cl)cc2Cl)cnn1C. The molecule has 2 N–H and O–H groups in total. The van der Waals surface area contributed by atoms with E-state index < -0.39 is 21.8 Å². The van der Waals surface area contributed by atoms with Crippen molar-refractivity contribution in [3.05, 3.63) is 39.6 Å². The summed E-state index contributed by atoms with van der Waals surface area (Å²) in [7, 11) is -2.31. The Labute approximate surface area is 203 Å². The molecule has 0 atom stereocenters. The van der Waals surface area contributed by atoms with E-state index in [1.807, 2.05) is 13.8 Å². The fraction of sp³-hybridized carbons (Fsp3) is 0.476. The van der Waals surface area contributed by atoms with Crippen molar-refractivity contribution in [3.63, 3.8) is 0 Å². The number of piperidine rings is 1. The van der Waals surface area contributed by atoms with Gasteiger partial charge in [-0.25, -0.2) is 8.42 Å². The number of benzene rings is 1. The van der Waals surface area contributed by atoms with Crippen molar-refractivity contribution in [2.75, 3.05) is 25.0 Å². The highest BCUT2D eigenvalue weighted by Crippen LogP contribution is 2.32. The minimum atomic E-state index is -3.89. The van der Waals surface area contributed by atoms with Gasteiger partial charge in [0.05, 0.1) is 27.5 Å². The maximum absolute atomic E-state index is 13.1. The topological polar surface area (TPSA) is 113 Å². The summed E-state index contributed by atoms with van der Waals surface area (Å²) in [6, 6.07) is 2.42. The van der Waals surface area contributed by atoms with Crippen LogP contribution < -0.4 is 10.6 Å². The highest BCUT2D eigenvalue weighted by molar-refractivity contribution is 7.89. The van der Waals surface area contributed by atoms with Crippen molar-refractivity contribution in [1.29, 1.82) is 0 Å². The van der Waals surface area contributed by atoms with Gasteiger partial charge in [-0.05, 0) is 30.9 Å². The van der Waals surface area contributed by atoms with E-state index in [1.165, 1.54) is 27.3 Å². The van der Waals surface area contributed by atoms with Gasteiger partial charge in [-0.1, -0.05) is 43.5 Å². The molecule has 1 aromatic carbocycles. The maximum atomic E-state index is 13.1. The molecule has 0 aliphatic carbocycles. The van der Waals surface area contributed by atoms with Crippen molar-refractivity contribution in [3.8, 4) is 0 Å². The van der Waals surface area contributed by atoms with Crippen LogP contribution in [-0.2, 0) is 17.1 Å². The number of nitrogens with one attached hydrogen (secondary N) is 2. The molecule has 12 heteroatoms. The third-order valence-electron chi connectivity index (χ3n) is 5.27. The summed E-state index contributed by atoms with van der Waals surface area (Å²) in [6.45, 7) is 5.17. The van der Waals surface area contributed by atoms with E-state index in [-0.39, 0.29) is 37.8 Å². The van der Waals surface area contributed by atoms with Crippen LogP contribution in [0.3, 0.4) is 0 Å². The van der Waals surface area contributed by atoms with E-state index in [0.717, 1.165) is 19.3 Å². The van der Waals surface area contributed by atoms with Gasteiger partial charge in [-0.3, -0.25) is 14.3 Å². The maximum Gasteiger partial charge on any atom is 0.271 e. The summed E-state index contributed by atoms with van der Waals surface area (Å²) in [5.74, 6) is -0.833. The molecule has 0 unspecified atom stereocenters. The molecule has 0 saturated carbocycles. The number of nitrogens with zero attached hydrogens (tertiary/aromatic N) is 3. The molecule has 1 aromatic heterocycles. The first-order valence-corrected chi connectivity index (χ1v) is 12.8. The smallest absolute Gasteiger partial charge is 0.271 e. The largest absolute Gasteiger partial charge is 0.350 e. The molecular weight excluding hydrogens is 489 g/mol. The Morgan fingerprint density at radius 2 is 1.76 bits per heavy atom. The molecule has 1 saturated heterocycles. The molecule has 1 fully saturated rings. The summed E-state index contributed by atoms with van der Waals surface area (Å²) in [5, 5.41) is 9.38. The zero-order valence-electron chi connectivity index (χ0n) is 18.7. The second kappa shape index (κ2) is 10.4. The Balaban J connectivity index is 1.90. The van der Waals surface area contributed by atoms with E-state index in [4.69, 9.17) is 23.2 Å². The van der Waals surface area contributed by atoms with Gasteiger partial charge in [0.1, 0.15) is 10.6 Å². The molecule has 180 valence electrons. The van der Waals surface area contributed by atoms with Crippen LogP contribution in [0.25, 0.3) is 0 Å². The van der Waals surface area contributed by atoms with Crippen molar-refractivity contribution in [1.82, 2.24) is 19.4 Å². The first-order valence-electron chi connectivity index (χ1n) is 10.6. The van der Waals surface area contributed by atoms with Gasteiger partial charge < -0.3 is 10.6 Å². The van der Waals surface area contributed by atoms with E-state index in [2.05, 4.69) is 15.7 Å². The number of aryl methyl sites for hydroxylation is 1. The Kier molecular flexibility index (Phi) is 8.04. The standard InChI is InChI=1S/C21H27Cl2N5O4S/c1-13(2)11-24-21(30)19-17(12-25-27(19)3)26-20(29)14-9-18(16(23)10-15(14)22)33(31,32)28-7-5-4-6-8-28/h9-10,12-13H,4-8,11H2,1-3H3,(H,24,30)(H,26,29). The number of halogens is 2. The van der Waals surface area contributed by atoms with Gasteiger partial charge >= 0.3 is 0 Å². The van der Waals surface area contributed by atoms with Crippen LogP contribution in [0.1, 0.15) is 54.0 Å². The van der Waals surface area contributed by atoms with Crippen LogP contribution in [0.5, 0.6) is 0 Å². The number of hydrogen-bond acceptors (Lipinski definition) is 5. The number of hydrogen-bond donors (Lipinski definition) is 2. The first-order chi connectivity index (χ1) is 15.5. The first kappa shape index (κ1) is 25.5. The number of sulfonamides is 1. The molecule has 0 spiro atoms. The normalized spacial score (nSPS) is 15.0. The molecule has 3 rings (SSSR count). The number of anilines is 1. The minimum Gasteiger partial charge on any atom is -0.350 e. The fourth-order valence-electron chi connectivity index (χ4n) is 3.51. The Hall–Kier alpha value is -2.14. The lowest BCUT2D eigenvalue weighted by atomic mass is 10.2. The van der Waals surface area contributed by atoms with Crippen molar-refractivity contribution < 1.29 is 18.0 Å². The number of carbonyl (C=O) groups excluding carboxylic acids is 2. The average molecular weight is 516 g/mol. The summed E-state index contributed by atoms with van der Waals surface area (Å²) >= 11 is 12.4. The lowest BCUT2D eigenvalue weighted by Crippen LogP contribution is -2.35. The quantitative estimate of drug-likeness (QED) is 0.585. The van der Waals surface area contributed by atoms with Crippen molar-refractivity contribution >= 4 is 50.7 Å². The average Bonchev–Trinajstić information content (AvgIpc) is 3.12. The van der Waals surface area contributed by atoms with E-state index in [0.29, 0.717) is 19.6 Å². The van der Waals surface area contributed by atoms with Gasteiger partial charge in [-0.15, -0.1) is 0 Å². The summed E-state index contributed by atoms with van der Waals surface area (Å²) in [5.41, 5.74) is 0.263. The molecule has 2 amide bonds. The lowest BCUT2D eigenvalue weighted by molar-refractivity contribution is 0.0940. The van der Waals surface area contributed by atoms with Crippen LogP contribution in [0.4, 0.5) is 5.69 Å². The highest BCUT2D eigenvalue weighted by atomic mass is 35.5. The van der Waals surface area contributed by atoms with Gasteiger partial charge in [-0.2, -0.15) is 9.40 Å². The lowest BCUT2D eigenvalue weighted by Gasteiger charge is -2.26. The van der Waals surface area contributed by atoms with Crippen LogP contribution in [0.15, 0.2) is 23.2 Å². The molecule has 0 bridgehead atoms. The minimum absolute atomic E-state index is 0.00945. The molecular formula is C21H27Cl2N5O4S. The summed E-state index contributed by atoms with van der Waals surface area (Å²) in [6.07, 6.45) is 3.84. The molecule has 1 aliphatic rings. The Bertz CT molecular complexity index is 1160. The number of aromatic nitrogens is 2. The highest BCUT2D eigenvalue weighted by Gasteiger charge is 2.30. The predicted molar refractivity (Wildman–Crippen MR) is 127 cm³/mol. The third-order valence-corrected chi connectivity index (χ3v) is 7.95. The summed E-state index contributed by atoms with van der Waals surface area (Å²) < 4.78 is 29.0. The van der Waals surface area contributed by atoms with Crippen molar-refractivity contribution in [2.45, 2.75) is 38.0 Å². The van der Waals surface area contributed by atoms with Crippen LogP contribution in [0.2, 0.25) is 10.0 Å². The van der Waals surface area contributed by atoms with Crippen molar-refractivity contribution in [2.24, 2.45) is 13.0 Å². The molecule has 2 aromatic rings. The van der Waals surface area contributed by atoms with E-state index in [1.54, 1.807) is 7.05 Å². The molecule has 0 radical (unpaired) electrons. The number of amides is 2.